The van der Waals surface area contributed by atoms with E-state index < -0.39 is 0 Å². The third-order valence-corrected chi connectivity index (χ3v) is 4.15. The van der Waals surface area contributed by atoms with E-state index in [-0.39, 0.29) is 0 Å². The number of fused-ring (bicyclic) bond motifs is 1. The van der Waals surface area contributed by atoms with E-state index >= 15 is 0 Å². The smallest absolute Gasteiger partial charge is 0.205 e. The van der Waals surface area contributed by atoms with E-state index in [2.05, 4.69) is 36.8 Å². The zero-order valence-corrected chi connectivity index (χ0v) is 13.8. The number of rotatable bonds is 2. The number of imidazole rings is 1. The van der Waals surface area contributed by atoms with Gasteiger partial charge in [-0.15, -0.1) is 0 Å². The lowest BCUT2D eigenvalue weighted by atomic mass is 10.2. The molecule has 0 unspecified atom stereocenters. The van der Waals surface area contributed by atoms with Gasteiger partial charge in [-0.25, -0.2) is 4.98 Å². The molecule has 0 saturated carbocycles. The Bertz CT molecular complexity index is 798. The average molecular weight is 397 g/mol. The Morgan fingerprint density at radius 3 is 2.65 bits per heavy atom. The van der Waals surface area contributed by atoms with E-state index in [1.165, 1.54) is 0 Å². The van der Waals surface area contributed by atoms with Crippen molar-refractivity contribution in [2.24, 2.45) is 0 Å². The molecule has 0 aliphatic rings. The topological polar surface area (TPSA) is 53.1 Å². The molecule has 3 rings (SSSR count). The maximum Gasteiger partial charge on any atom is 0.205 e. The third-order valence-electron chi connectivity index (χ3n) is 3.04. The second kappa shape index (κ2) is 5.10. The monoisotopic (exact) mass is 395 g/mol. The van der Waals surface area contributed by atoms with E-state index in [0.717, 1.165) is 31.4 Å². The van der Waals surface area contributed by atoms with Gasteiger partial charge in [-0.3, -0.25) is 4.57 Å². The standard InChI is InChI=1S/C14H11Br2N3O/c1-20-13-5-3-9(7-10(13)16)19-12-6-8(15)2-4-11(12)18-14(19)17/h2-7H,1H3,(H2,17,18). The van der Waals surface area contributed by atoms with Crippen molar-refractivity contribution < 1.29 is 4.74 Å². The summed E-state index contributed by atoms with van der Waals surface area (Å²) in [5.74, 6) is 1.23. The molecule has 0 radical (unpaired) electrons. The molecule has 1 aromatic heterocycles. The number of halogens is 2. The maximum atomic E-state index is 6.05. The molecule has 6 heteroatoms. The van der Waals surface area contributed by atoms with Gasteiger partial charge in [0.15, 0.2) is 0 Å². The highest BCUT2D eigenvalue weighted by molar-refractivity contribution is 9.10. The van der Waals surface area contributed by atoms with Crippen LogP contribution in [0.25, 0.3) is 16.7 Å². The summed E-state index contributed by atoms with van der Waals surface area (Å²) in [4.78, 5) is 4.38. The van der Waals surface area contributed by atoms with Gasteiger partial charge in [-0.2, -0.15) is 0 Å². The van der Waals surface area contributed by atoms with Crippen LogP contribution in [0.15, 0.2) is 45.3 Å². The van der Waals surface area contributed by atoms with Crippen LogP contribution in [-0.4, -0.2) is 16.7 Å². The van der Waals surface area contributed by atoms with Crippen LogP contribution in [0, 0.1) is 0 Å². The molecule has 3 aromatic rings. The Balaban J connectivity index is 2.26. The molecule has 0 amide bonds. The lowest BCUT2D eigenvalue weighted by Crippen LogP contribution is -2.00. The molecule has 1 heterocycles. The summed E-state index contributed by atoms with van der Waals surface area (Å²) < 4.78 is 9.00. The molecule has 0 bridgehead atoms. The number of aromatic nitrogens is 2. The molecule has 4 nitrogen and oxygen atoms in total. The van der Waals surface area contributed by atoms with Gasteiger partial charge in [0.05, 0.1) is 28.3 Å². The van der Waals surface area contributed by atoms with Crippen molar-refractivity contribution in [3.63, 3.8) is 0 Å². The van der Waals surface area contributed by atoms with Crippen molar-refractivity contribution in [1.29, 1.82) is 0 Å². The highest BCUT2D eigenvalue weighted by Crippen LogP contribution is 2.31. The molecule has 2 aromatic carbocycles. The molecule has 2 N–H and O–H groups in total. The highest BCUT2D eigenvalue weighted by Gasteiger charge is 2.12. The molecule has 0 spiro atoms. The Morgan fingerprint density at radius 1 is 1.15 bits per heavy atom. The fraction of sp³-hybridized carbons (Fsp3) is 0.0714. The lowest BCUT2D eigenvalue weighted by molar-refractivity contribution is 0.412. The molecule has 0 aliphatic heterocycles. The van der Waals surface area contributed by atoms with Crippen LogP contribution < -0.4 is 10.5 Å². The summed E-state index contributed by atoms with van der Waals surface area (Å²) in [5.41, 5.74) is 8.78. The number of anilines is 1. The van der Waals surface area contributed by atoms with Gasteiger partial charge in [-0.05, 0) is 52.3 Å². The van der Waals surface area contributed by atoms with Crippen LogP contribution >= 0.6 is 31.9 Å². The predicted octanol–water partition coefficient (Wildman–Crippen LogP) is 4.14. The number of nitrogens with zero attached hydrogens (tertiary/aromatic N) is 2. The second-order valence-corrected chi connectivity index (χ2v) is 6.03. The number of ether oxygens (including phenoxy) is 1. The Labute approximate surface area is 132 Å². The van der Waals surface area contributed by atoms with Crippen LogP contribution in [0.1, 0.15) is 0 Å². The summed E-state index contributed by atoms with van der Waals surface area (Å²) in [6, 6.07) is 11.7. The summed E-state index contributed by atoms with van der Waals surface area (Å²) in [6.07, 6.45) is 0. The molecule has 0 aliphatic carbocycles. The van der Waals surface area contributed by atoms with Crippen LogP contribution in [0.2, 0.25) is 0 Å². The van der Waals surface area contributed by atoms with E-state index in [1.807, 2.05) is 41.0 Å². The Hall–Kier alpha value is -1.53. The van der Waals surface area contributed by atoms with Crippen molar-refractivity contribution in [3.05, 3.63) is 45.3 Å². The summed E-state index contributed by atoms with van der Waals surface area (Å²) in [7, 11) is 1.64. The van der Waals surface area contributed by atoms with Gasteiger partial charge in [0.2, 0.25) is 5.95 Å². The van der Waals surface area contributed by atoms with E-state index in [0.29, 0.717) is 5.95 Å². The average Bonchev–Trinajstić information content (AvgIpc) is 2.74. The molecular weight excluding hydrogens is 386 g/mol. The normalized spacial score (nSPS) is 10.9. The minimum atomic E-state index is 0.454. The van der Waals surface area contributed by atoms with Crippen molar-refractivity contribution in [2.45, 2.75) is 0 Å². The highest BCUT2D eigenvalue weighted by atomic mass is 79.9. The summed E-state index contributed by atoms with van der Waals surface area (Å²) >= 11 is 6.96. The zero-order chi connectivity index (χ0) is 14.3. The van der Waals surface area contributed by atoms with Gasteiger partial charge >= 0.3 is 0 Å². The number of nitrogen functional groups attached to an aromatic ring is 1. The SMILES string of the molecule is COc1ccc(-n2c(N)nc3ccc(Br)cc32)cc1Br. The Kier molecular flexibility index (Phi) is 3.43. The number of nitrogens with two attached hydrogens (primary N) is 1. The first-order chi connectivity index (χ1) is 9.60. The number of hydrogen-bond acceptors (Lipinski definition) is 3. The maximum absolute atomic E-state index is 6.05. The van der Waals surface area contributed by atoms with E-state index in [1.54, 1.807) is 7.11 Å². The quantitative estimate of drug-likeness (QED) is 0.708. The van der Waals surface area contributed by atoms with Crippen LogP contribution in [-0.2, 0) is 0 Å². The van der Waals surface area contributed by atoms with Gasteiger partial charge in [0.1, 0.15) is 5.75 Å². The van der Waals surface area contributed by atoms with Gasteiger partial charge in [-0.1, -0.05) is 15.9 Å². The number of benzene rings is 2. The minimum Gasteiger partial charge on any atom is -0.496 e. The minimum absolute atomic E-state index is 0.454. The van der Waals surface area contributed by atoms with E-state index in [4.69, 9.17) is 10.5 Å². The van der Waals surface area contributed by atoms with Crippen molar-refractivity contribution in [3.8, 4) is 11.4 Å². The van der Waals surface area contributed by atoms with Crippen molar-refractivity contribution in [2.75, 3.05) is 12.8 Å². The molecule has 102 valence electrons. The van der Waals surface area contributed by atoms with Gasteiger partial charge in [0, 0.05) is 4.47 Å². The third kappa shape index (κ3) is 2.19. The number of methoxy groups -OCH3 is 1. The van der Waals surface area contributed by atoms with Gasteiger partial charge in [0.25, 0.3) is 0 Å². The first kappa shape index (κ1) is 13.5. The van der Waals surface area contributed by atoms with Crippen molar-refractivity contribution >= 4 is 48.8 Å². The largest absolute Gasteiger partial charge is 0.496 e. The second-order valence-electron chi connectivity index (χ2n) is 4.26. The lowest BCUT2D eigenvalue weighted by Gasteiger charge is -2.09. The molecule has 0 atom stereocenters. The predicted molar refractivity (Wildman–Crippen MR) is 87.4 cm³/mol. The first-order valence-corrected chi connectivity index (χ1v) is 7.46. The molecule has 20 heavy (non-hydrogen) atoms. The van der Waals surface area contributed by atoms with Crippen LogP contribution in [0.3, 0.4) is 0 Å². The molecule has 0 saturated heterocycles. The Morgan fingerprint density at radius 2 is 1.95 bits per heavy atom. The molecule has 0 fully saturated rings. The van der Waals surface area contributed by atoms with Crippen LogP contribution in [0.5, 0.6) is 5.75 Å². The molecular formula is C14H11Br2N3O. The zero-order valence-electron chi connectivity index (χ0n) is 10.6. The van der Waals surface area contributed by atoms with Crippen LogP contribution in [0.4, 0.5) is 5.95 Å². The first-order valence-electron chi connectivity index (χ1n) is 5.87. The van der Waals surface area contributed by atoms with E-state index in [9.17, 15) is 0 Å². The fourth-order valence-corrected chi connectivity index (χ4v) is 3.01. The summed E-state index contributed by atoms with van der Waals surface area (Å²) in [6.45, 7) is 0. The van der Waals surface area contributed by atoms with Crippen molar-refractivity contribution in [1.82, 2.24) is 9.55 Å². The fourth-order valence-electron chi connectivity index (χ4n) is 2.13. The van der Waals surface area contributed by atoms with Gasteiger partial charge < -0.3 is 10.5 Å². The summed E-state index contributed by atoms with van der Waals surface area (Å²) in [5, 5.41) is 0. The number of hydrogen-bond donors (Lipinski definition) is 1.